The van der Waals surface area contributed by atoms with E-state index in [0.717, 1.165) is 16.8 Å². The van der Waals surface area contributed by atoms with Crippen LogP contribution in [0.3, 0.4) is 0 Å². The van der Waals surface area contributed by atoms with Gasteiger partial charge in [-0.15, -0.1) is 0 Å². The van der Waals surface area contributed by atoms with Crippen LogP contribution in [0.2, 0.25) is 0 Å². The number of aliphatic hydroxyl groups excluding tert-OH is 1. The molecule has 0 aliphatic carbocycles. The van der Waals surface area contributed by atoms with E-state index in [9.17, 15) is 9.90 Å². The normalized spacial score (nSPS) is 19.5. The monoisotopic (exact) mass is 440 g/mol. The van der Waals surface area contributed by atoms with Gasteiger partial charge in [0, 0.05) is 38.0 Å². The third kappa shape index (κ3) is 5.36. The molecule has 6 heteroatoms. The fourth-order valence-corrected chi connectivity index (χ4v) is 3.93. The number of fused-ring (bicyclic) bond motifs is 1. The van der Waals surface area contributed by atoms with Crippen LogP contribution in [0.25, 0.3) is 0 Å². The average Bonchev–Trinajstić information content (AvgIpc) is 2.69. The molecule has 0 unspecified atom stereocenters. The van der Waals surface area contributed by atoms with Crippen molar-refractivity contribution < 1.29 is 19.4 Å². The van der Waals surface area contributed by atoms with Gasteiger partial charge in [-0.05, 0) is 52.7 Å². The van der Waals surface area contributed by atoms with Gasteiger partial charge in [0.15, 0.2) is 0 Å². The molecule has 0 saturated carbocycles. The largest absolute Gasteiger partial charge is 0.485 e. The molecular formula is C26H36N2O4. The minimum Gasteiger partial charge on any atom is -0.485 e. The van der Waals surface area contributed by atoms with Crippen LogP contribution < -0.4 is 9.64 Å². The van der Waals surface area contributed by atoms with Crippen molar-refractivity contribution in [2.24, 2.45) is 0 Å². The van der Waals surface area contributed by atoms with Gasteiger partial charge in [0.2, 0.25) is 0 Å². The summed E-state index contributed by atoms with van der Waals surface area (Å²) in [5, 5.41) is 11.4. The quantitative estimate of drug-likeness (QED) is 0.723. The number of aliphatic hydroxyl groups is 1. The van der Waals surface area contributed by atoms with Crippen LogP contribution in [0, 0.1) is 0 Å². The molecule has 0 radical (unpaired) electrons. The van der Waals surface area contributed by atoms with Crippen molar-refractivity contribution in [1.29, 1.82) is 0 Å². The van der Waals surface area contributed by atoms with Crippen molar-refractivity contribution in [3.8, 4) is 5.75 Å². The smallest absolute Gasteiger partial charge is 0.410 e. The number of hydrogen-bond donors (Lipinski definition) is 1. The maximum atomic E-state index is 13.4. The number of rotatable bonds is 5. The van der Waals surface area contributed by atoms with Crippen LogP contribution in [-0.2, 0) is 11.2 Å². The Labute approximate surface area is 191 Å². The number of benzene rings is 2. The number of hydrogen-bond acceptors (Lipinski definition) is 5. The van der Waals surface area contributed by atoms with E-state index in [1.54, 1.807) is 4.90 Å². The molecule has 0 bridgehead atoms. The second-order valence-corrected chi connectivity index (χ2v) is 10.1. The van der Waals surface area contributed by atoms with Crippen LogP contribution in [0.15, 0.2) is 48.5 Å². The SMILES string of the molecule is CN(C)c1ccc2c(c1)OC(C)(C)[C@H](O)[C@H]2N(CCc1ccccc1)C(=O)OC(C)(C)C. The van der Waals surface area contributed by atoms with Crippen LogP contribution in [0.5, 0.6) is 5.75 Å². The molecule has 2 atom stereocenters. The Bertz CT molecular complexity index is 935. The molecule has 1 aliphatic rings. The van der Waals surface area contributed by atoms with E-state index in [2.05, 4.69) is 0 Å². The lowest BCUT2D eigenvalue weighted by atomic mass is 9.85. The molecule has 1 N–H and O–H groups in total. The Hall–Kier alpha value is -2.73. The zero-order valence-electron chi connectivity index (χ0n) is 20.3. The first-order chi connectivity index (χ1) is 14.9. The second-order valence-electron chi connectivity index (χ2n) is 10.1. The molecule has 32 heavy (non-hydrogen) atoms. The lowest BCUT2D eigenvalue weighted by Crippen LogP contribution is -2.55. The number of anilines is 1. The fraction of sp³-hybridized carbons (Fsp3) is 0.500. The van der Waals surface area contributed by atoms with E-state index < -0.39 is 29.4 Å². The van der Waals surface area contributed by atoms with Gasteiger partial charge < -0.3 is 19.5 Å². The Morgan fingerprint density at radius 1 is 1.12 bits per heavy atom. The maximum absolute atomic E-state index is 13.4. The molecule has 0 saturated heterocycles. The van der Waals surface area contributed by atoms with E-state index in [0.29, 0.717) is 18.7 Å². The summed E-state index contributed by atoms with van der Waals surface area (Å²) in [6, 6.07) is 15.3. The van der Waals surface area contributed by atoms with Gasteiger partial charge in [0.25, 0.3) is 0 Å². The summed E-state index contributed by atoms with van der Waals surface area (Å²) >= 11 is 0. The molecular weight excluding hydrogens is 404 g/mol. The van der Waals surface area contributed by atoms with Crippen LogP contribution >= 0.6 is 0 Å². The highest BCUT2D eigenvalue weighted by molar-refractivity contribution is 5.70. The first-order valence-corrected chi connectivity index (χ1v) is 11.1. The third-order valence-electron chi connectivity index (χ3n) is 5.66. The number of carbonyl (C=O) groups is 1. The van der Waals surface area contributed by atoms with Gasteiger partial charge in [-0.25, -0.2) is 4.79 Å². The molecule has 2 aromatic carbocycles. The Morgan fingerprint density at radius 2 is 1.78 bits per heavy atom. The van der Waals surface area contributed by atoms with Crippen LogP contribution in [-0.4, -0.2) is 54.0 Å². The summed E-state index contributed by atoms with van der Waals surface area (Å²) in [7, 11) is 3.93. The summed E-state index contributed by atoms with van der Waals surface area (Å²) in [6.45, 7) is 9.65. The topological polar surface area (TPSA) is 62.2 Å². The van der Waals surface area contributed by atoms with E-state index in [4.69, 9.17) is 9.47 Å². The molecule has 1 aliphatic heterocycles. The molecule has 1 heterocycles. The van der Waals surface area contributed by atoms with Crippen molar-refractivity contribution in [3.05, 3.63) is 59.7 Å². The van der Waals surface area contributed by atoms with Crippen molar-refractivity contribution in [2.75, 3.05) is 25.5 Å². The predicted molar refractivity (Wildman–Crippen MR) is 127 cm³/mol. The van der Waals surface area contributed by atoms with Crippen LogP contribution in [0.1, 0.15) is 51.8 Å². The number of amides is 1. The van der Waals surface area contributed by atoms with E-state index in [-0.39, 0.29) is 0 Å². The van der Waals surface area contributed by atoms with E-state index in [1.807, 2.05) is 102 Å². The zero-order valence-corrected chi connectivity index (χ0v) is 20.3. The molecule has 3 rings (SSSR count). The highest BCUT2D eigenvalue weighted by atomic mass is 16.6. The zero-order chi connectivity index (χ0) is 23.7. The number of ether oxygens (including phenoxy) is 2. The lowest BCUT2D eigenvalue weighted by Gasteiger charge is -2.46. The Kier molecular flexibility index (Phi) is 6.75. The number of carbonyl (C=O) groups excluding carboxylic acids is 1. The van der Waals surface area contributed by atoms with E-state index >= 15 is 0 Å². The maximum Gasteiger partial charge on any atom is 0.410 e. The fourth-order valence-electron chi connectivity index (χ4n) is 3.93. The molecule has 2 aromatic rings. The van der Waals surface area contributed by atoms with Crippen molar-refractivity contribution in [1.82, 2.24) is 4.90 Å². The molecule has 0 fully saturated rings. The number of nitrogens with zero attached hydrogens (tertiary/aromatic N) is 2. The summed E-state index contributed by atoms with van der Waals surface area (Å²) in [4.78, 5) is 17.0. The van der Waals surface area contributed by atoms with Gasteiger partial charge in [-0.2, -0.15) is 0 Å². The van der Waals surface area contributed by atoms with Gasteiger partial charge in [0.05, 0.1) is 6.04 Å². The van der Waals surface area contributed by atoms with Gasteiger partial charge >= 0.3 is 6.09 Å². The predicted octanol–water partition coefficient (Wildman–Crippen LogP) is 4.81. The van der Waals surface area contributed by atoms with Crippen molar-refractivity contribution in [2.45, 2.75) is 64.4 Å². The molecule has 1 amide bonds. The standard InChI is InChI=1S/C26H36N2O4/c1-25(2,3)32-24(30)28(16-15-18-11-9-8-10-12-18)22-20-14-13-19(27(6)7)17-21(20)31-26(4,5)23(22)29/h8-14,17,22-23,29H,15-16H2,1-7H3/t22-,23+/m0/s1. The first-order valence-electron chi connectivity index (χ1n) is 11.1. The molecule has 0 spiro atoms. The summed E-state index contributed by atoms with van der Waals surface area (Å²) in [6.07, 6.45) is -0.725. The third-order valence-corrected chi connectivity index (χ3v) is 5.66. The average molecular weight is 441 g/mol. The summed E-state index contributed by atoms with van der Waals surface area (Å²) in [5.74, 6) is 0.671. The highest BCUT2D eigenvalue weighted by Gasteiger charge is 2.47. The Balaban J connectivity index is 2.03. The lowest BCUT2D eigenvalue weighted by molar-refractivity contribution is -0.0937. The highest BCUT2D eigenvalue weighted by Crippen LogP contribution is 2.44. The van der Waals surface area contributed by atoms with Gasteiger partial charge in [-0.3, -0.25) is 4.90 Å². The molecule has 6 nitrogen and oxygen atoms in total. The molecule has 174 valence electrons. The Morgan fingerprint density at radius 3 is 2.38 bits per heavy atom. The van der Waals surface area contributed by atoms with Crippen molar-refractivity contribution >= 4 is 11.8 Å². The van der Waals surface area contributed by atoms with Gasteiger partial charge in [-0.1, -0.05) is 36.4 Å². The van der Waals surface area contributed by atoms with Crippen LogP contribution in [0.4, 0.5) is 10.5 Å². The summed E-state index contributed by atoms with van der Waals surface area (Å²) < 4.78 is 12.0. The minimum atomic E-state index is -0.927. The minimum absolute atomic E-state index is 0.408. The first kappa shape index (κ1) is 23.9. The van der Waals surface area contributed by atoms with E-state index in [1.165, 1.54) is 0 Å². The molecule has 0 aromatic heterocycles. The second kappa shape index (κ2) is 9.02. The van der Waals surface area contributed by atoms with Gasteiger partial charge in [0.1, 0.15) is 23.1 Å². The summed E-state index contributed by atoms with van der Waals surface area (Å²) in [5.41, 5.74) is 1.36. The van der Waals surface area contributed by atoms with Crippen molar-refractivity contribution in [3.63, 3.8) is 0 Å².